The van der Waals surface area contributed by atoms with E-state index in [0.717, 1.165) is 38.9 Å². The van der Waals surface area contributed by atoms with Crippen molar-refractivity contribution in [1.82, 2.24) is 0 Å². The van der Waals surface area contributed by atoms with Crippen molar-refractivity contribution in [3.05, 3.63) is 262 Å². The highest BCUT2D eigenvalue weighted by Crippen LogP contribution is 2.35. The van der Waals surface area contributed by atoms with E-state index in [4.69, 9.17) is 47.4 Å². The molecule has 0 radical (unpaired) electrons. The second kappa shape index (κ2) is 28.2. The van der Waals surface area contributed by atoms with Crippen molar-refractivity contribution in [3.63, 3.8) is 0 Å². The molecule has 10 atom stereocenters. The van der Waals surface area contributed by atoms with Crippen LogP contribution in [-0.4, -0.2) is 74.6 Å². The molecule has 7 aromatic carbocycles. The summed E-state index contributed by atoms with van der Waals surface area (Å²) in [6.07, 6.45) is -7.61. The smallest absolute Gasteiger partial charge is 0.187 e. The zero-order chi connectivity index (χ0) is 50.4. The first kappa shape index (κ1) is 52.3. The fourth-order valence-corrected chi connectivity index (χ4v) is 9.10. The molecule has 13 nitrogen and oxygen atoms in total. The quantitative estimate of drug-likeness (QED) is 0.0292. The first-order valence-electron chi connectivity index (χ1n) is 25.2. The molecule has 9 rings (SSSR count). The van der Waals surface area contributed by atoms with Gasteiger partial charge in [-0.25, -0.2) is 0 Å². The molecule has 0 saturated carbocycles. The number of benzene rings is 7. The molecule has 2 heterocycles. The van der Waals surface area contributed by atoms with Crippen molar-refractivity contribution >= 4 is 0 Å². The van der Waals surface area contributed by atoms with Gasteiger partial charge in [0.1, 0.15) is 48.8 Å². The Morgan fingerprint density at radius 3 is 1.04 bits per heavy atom. The lowest BCUT2D eigenvalue weighted by Crippen LogP contribution is -2.63. The summed E-state index contributed by atoms with van der Waals surface area (Å²) in [5.41, 5.74) is 17.0. The van der Waals surface area contributed by atoms with Crippen molar-refractivity contribution in [2.75, 3.05) is 13.2 Å². The van der Waals surface area contributed by atoms with Gasteiger partial charge in [0.25, 0.3) is 0 Å². The molecule has 0 aliphatic carbocycles. The van der Waals surface area contributed by atoms with Gasteiger partial charge in [-0.05, 0) is 44.5 Å². The summed E-state index contributed by atoms with van der Waals surface area (Å²) in [6, 6.07) is 68.4. The summed E-state index contributed by atoms with van der Waals surface area (Å²) < 4.78 is 68.3. The third kappa shape index (κ3) is 15.3. The minimum atomic E-state index is -1.16. The first-order chi connectivity index (χ1) is 36.7. The highest BCUT2D eigenvalue weighted by atomic mass is 16.7. The third-order valence-corrected chi connectivity index (χ3v) is 12.9. The van der Waals surface area contributed by atoms with E-state index in [9.17, 15) is 5.53 Å². The molecular weight excluding hydrogens is 935 g/mol. The summed E-state index contributed by atoms with van der Waals surface area (Å²) in [6.45, 7) is 1.73. The molecule has 74 heavy (non-hydrogen) atoms. The van der Waals surface area contributed by atoms with Gasteiger partial charge in [-0.3, -0.25) is 0 Å². The van der Waals surface area contributed by atoms with E-state index in [-0.39, 0.29) is 52.9 Å². The van der Waals surface area contributed by atoms with Crippen LogP contribution in [0.15, 0.2) is 217 Å². The van der Waals surface area contributed by atoms with Gasteiger partial charge in [0.2, 0.25) is 0 Å². The van der Waals surface area contributed by atoms with Gasteiger partial charge < -0.3 is 47.4 Å². The van der Waals surface area contributed by atoms with Gasteiger partial charge in [0.05, 0.1) is 59.5 Å². The molecule has 0 amide bonds. The number of rotatable bonds is 26. The number of azide groups is 1. The van der Waals surface area contributed by atoms with E-state index < -0.39 is 61.3 Å². The Balaban J connectivity index is 1.05. The maximum absolute atomic E-state index is 10.3. The Morgan fingerprint density at radius 1 is 0.324 bits per heavy atom. The Labute approximate surface area is 433 Å². The maximum Gasteiger partial charge on any atom is 0.187 e. The van der Waals surface area contributed by atoms with Crippen LogP contribution in [0.1, 0.15) is 38.9 Å². The van der Waals surface area contributed by atoms with E-state index in [1.165, 1.54) is 0 Å². The standard InChI is InChI=1S/C61H63N3O10/c62-64-63-54-57(68-39-48-28-14-4-15-29-48)55(66-37-46-24-10-2-11-25-46)52(43-65-36-45-22-8-1-9-23-45)73-60(54)72-44-53-56(67-38-47-26-12-3-13-27-47)58(69-40-49-30-16-5-17-31-49)59(70-41-50-32-18-6-19-33-50)61(74-53)71-42-51-34-20-7-21-35-51/h1-35,52-61H,36-44H2/t52-,53-,54-,55-,56-,57-,58+,59-,60-,61-/m1/s1. The van der Waals surface area contributed by atoms with Crippen LogP contribution < -0.4 is 0 Å². The van der Waals surface area contributed by atoms with Crippen molar-refractivity contribution in [2.24, 2.45) is 5.11 Å². The first-order valence-corrected chi connectivity index (χ1v) is 25.2. The fraction of sp³-hybridized carbons (Fsp3) is 0.311. The van der Waals surface area contributed by atoms with Crippen LogP contribution >= 0.6 is 0 Å². The van der Waals surface area contributed by atoms with E-state index in [1.807, 2.05) is 212 Å². The summed E-state index contributed by atoms with van der Waals surface area (Å²) in [4.78, 5) is 3.34. The number of hydrogen-bond acceptors (Lipinski definition) is 11. The highest BCUT2D eigenvalue weighted by Gasteiger charge is 2.52. The molecule has 0 spiro atoms. The van der Waals surface area contributed by atoms with Crippen molar-refractivity contribution in [1.29, 1.82) is 0 Å². The topological polar surface area (TPSA) is 141 Å². The molecule has 0 aromatic heterocycles. The number of hydrogen-bond donors (Lipinski definition) is 0. The summed E-state index contributed by atoms with van der Waals surface area (Å²) in [5, 5.41) is 4.35. The lowest BCUT2D eigenvalue weighted by Gasteiger charge is -2.47. The maximum atomic E-state index is 10.3. The molecule has 0 unspecified atom stereocenters. The number of ether oxygens (including phenoxy) is 10. The minimum absolute atomic E-state index is 0.108. The van der Waals surface area contributed by atoms with Crippen LogP contribution in [0, 0.1) is 0 Å². The van der Waals surface area contributed by atoms with E-state index >= 15 is 0 Å². The van der Waals surface area contributed by atoms with Crippen LogP contribution in [0.3, 0.4) is 0 Å². The molecule has 2 saturated heterocycles. The molecule has 0 N–H and O–H groups in total. The lowest BCUT2D eigenvalue weighted by molar-refractivity contribution is -0.342. The number of nitrogens with zero attached hydrogens (tertiary/aromatic N) is 3. The molecule has 2 aliphatic rings. The lowest BCUT2D eigenvalue weighted by atomic mass is 9.96. The summed E-state index contributed by atoms with van der Waals surface area (Å²) in [5.74, 6) is 0. The molecule has 13 heteroatoms. The fourth-order valence-electron chi connectivity index (χ4n) is 9.10. The van der Waals surface area contributed by atoms with Gasteiger partial charge in [-0.1, -0.05) is 217 Å². The third-order valence-electron chi connectivity index (χ3n) is 12.9. The zero-order valence-corrected chi connectivity index (χ0v) is 41.3. The zero-order valence-electron chi connectivity index (χ0n) is 41.3. The normalized spacial score (nSPS) is 23.7. The van der Waals surface area contributed by atoms with Crippen LogP contribution in [0.25, 0.3) is 10.4 Å². The Hall–Kier alpha value is -6.55. The van der Waals surface area contributed by atoms with E-state index in [0.29, 0.717) is 6.61 Å². The molecule has 2 aliphatic heterocycles. The highest BCUT2D eigenvalue weighted by molar-refractivity contribution is 5.19. The van der Waals surface area contributed by atoms with Crippen LogP contribution in [0.4, 0.5) is 0 Å². The second-order valence-electron chi connectivity index (χ2n) is 18.2. The van der Waals surface area contributed by atoms with Gasteiger partial charge in [-0.15, -0.1) is 0 Å². The van der Waals surface area contributed by atoms with Crippen LogP contribution in [0.5, 0.6) is 0 Å². The van der Waals surface area contributed by atoms with Crippen molar-refractivity contribution in [3.8, 4) is 0 Å². The molecule has 382 valence electrons. The van der Waals surface area contributed by atoms with E-state index in [2.05, 4.69) is 10.0 Å². The predicted molar refractivity (Wildman–Crippen MR) is 279 cm³/mol. The van der Waals surface area contributed by atoms with Crippen molar-refractivity contribution < 1.29 is 47.4 Å². The SMILES string of the molecule is [N-]=[N+]=N[C@H]1[C@H](OC[C@H]2O[C@@H](OCc3ccccc3)[C@H](OCc3ccccc3)[C@@H](OCc3ccccc3)[C@@H]2OCc2ccccc2)O[C@H](COCc2ccccc2)[C@@H](OCc2ccccc2)[C@@H]1OCc1ccccc1. The molecular formula is C61H63N3O10. The predicted octanol–water partition coefficient (Wildman–Crippen LogP) is 11.5. The average Bonchev–Trinajstić information content (AvgIpc) is 3.46. The largest absolute Gasteiger partial charge is 0.374 e. The van der Waals surface area contributed by atoms with Gasteiger partial charge in [0.15, 0.2) is 12.6 Å². The summed E-state index contributed by atoms with van der Waals surface area (Å²) >= 11 is 0. The Bertz CT molecular complexity index is 2690. The van der Waals surface area contributed by atoms with Gasteiger partial charge in [-0.2, -0.15) is 0 Å². The Morgan fingerprint density at radius 2 is 0.635 bits per heavy atom. The molecule has 0 bridgehead atoms. The molecule has 7 aromatic rings. The monoisotopic (exact) mass is 997 g/mol. The average molecular weight is 998 g/mol. The minimum Gasteiger partial charge on any atom is -0.374 e. The van der Waals surface area contributed by atoms with Crippen LogP contribution in [0.2, 0.25) is 0 Å². The summed E-state index contributed by atoms with van der Waals surface area (Å²) in [7, 11) is 0. The second-order valence-corrected chi connectivity index (χ2v) is 18.2. The molecule has 2 fully saturated rings. The van der Waals surface area contributed by atoms with Gasteiger partial charge >= 0.3 is 0 Å². The Kier molecular flexibility index (Phi) is 19.9. The van der Waals surface area contributed by atoms with E-state index in [1.54, 1.807) is 0 Å². The van der Waals surface area contributed by atoms with Gasteiger partial charge in [0, 0.05) is 4.91 Å². The van der Waals surface area contributed by atoms with Crippen LogP contribution in [-0.2, 0) is 93.6 Å². The van der Waals surface area contributed by atoms with Crippen molar-refractivity contribution in [2.45, 2.75) is 108 Å².